The van der Waals surface area contributed by atoms with Crippen LogP contribution in [-0.4, -0.2) is 0 Å². The predicted octanol–water partition coefficient (Wildman–Crippen LogP) is 8.25. The van der Waals surface area contributed by atoms with Crippen molar-refractivity contribution in [2.24, 2.45) is 29.6 Å². The minimum absolute atomic E-state index is 0.881. The molecule has 0 aromatic rings. The zero-order valence-corrected chi connectivity index (χ0v) is 17.1. The van der Waals surface area contributed by atoms with Gasteiger partial charge in [0.25, 0.3) is 0 Å². The molecule has 0 radical (unpaired) electrons. The largest absolute Gasteiger partial charge is 0.0654 e. The minimum Gasteiger partial charge on any atom is -0.0654 e. The predicted molar refractivity (Wildman–Crippen MR) is 106 cm³/mol. The van der Waals surface area contributed by atoms with Crippen molar-refractivity contribution in [3.8, 4) is 0 Å². The molecule has 0 aromatic heterocycles. The highest BCUT2D eigenvalue weighted by Crippen LogP contribution is 2.36. The van der Waals surface area contributed by atoms with Gasteiger partial charge in [-0.15, -0.1) is 0 Å². The molecular formula is C23H46. The normalized spacial score (nSPS) is 28.7. The van der Waals surface area contributed by atoms with Crippen LogP contribution in [0.1, 0.15) is 118 Å². The van der Waals surface area contributed by atoms with Gasteiger partial charge in [0.05, 0.1) is 0 Å². The van der Waals surface area contributed by atoms with Crippen molar-refractivity contribution in [3.05, 3.63) is 0 Å². The van der Waals surface area contributed by atoms with Crippen molar-refractivity contribution in [3.63, 3.8) is 0 Å². The van der Waals surface area contributed by atoms with E-state index in [1.165, 1.54) is 83.5 Å². The van der Waals surface area contributed by atoms with Crippen LogP contribution < -0.4 is 0 Å². The Hall–Kier alpha value is 0. The first kappa shape index (κ1) is 21.0. The van der Waals surface area contributed by atoms with Crippen LogP contribution in [0.3, 0.4) is 0 Å². The van der Waals surface area contributed by atoms with Crippen LogP contribution in [-0.2, 0) is 0 Å². The molecule has 1 rings (SSSR count). The minimum atomic E-state index is 0.881. The molecule has 0 heteroatoms. The number of hydrogen-bond acceptors (Lipinski definition) is 0. The average molecular weight is 323 g/mol. The first-order chi connectivity index (χ1) is 11.1. The van der Waals surface area contributed by atoms with Gasteiger partial charge in [0, 0.05) is 0 Å². The second-order valence-corrected chi connectivity index (χ2v) is 8.99. The quantitative estimate of drug-likeness (QED) is 0.422. The third-order valence-corrected chi connectivity index (χ3v) is 6.65. The first-order valence-electron chi connectivity index (χ1n) is 11.1. The standard InChI is InChI=1S/C23H46/c1-6-12-22-14-9-8-10-15-23(18-17-20(22)5)21(7-2)16-11-13-19(3)4/h19-23H,6-18H2,1-5H3. The van der Waals surface area contributed by atoms with E-state index in [4.69, 9.17) is 0 Å². The molecule has 0 saturated heterocycles. The van der Waals surface area contributed by atoms with Crippen LogP contribution in [0.15, 0.2) is 0 Å². The van der Waals surface area contributed by atoms with E-state index in [0.29, 0.717) is 0 Å². The third kappa shape index (κ3) is 8.59. The van der Waals surface area contributed by atoms with Crippen LogP contribution in [0, 0.1) is 29.6 Å². The highest BCUT2D eigenvalue weighted by molar-refractivity contribution is 4.75. The highest BCUT2D eigenvalue weighted by atomic mass is 14.3. The second kappa shape index (κ2) is 12.4. The van der Waals surface area contributed by atoms with E-state index >= 15 is 0 Å². The van der Waals surface area contributed by atoms with Gasteiger partial charge in [0.15, 0.2) is 0 Å². The molecule has 0 aliphatic heterocycles. The Labute approximate surface area is 148 Å². The van der Waals surface area contributed by atoms with Gasteiger partial charge < -0.3 is 0 Å². The van der Waals surface area contributed by atoms with E-state index in [1.54, 1.807) is 0 Å². The SMILES string of the molecule is CCCC1CCCCCC(C(CC)CCCC(C)C)CCC1C. The fourth-order valence-corrected chi connectivity index (χ4v) is 4.96. The van der Waals surface area contributed by atoms with Gasteiger partial charge in [-0.05, 0) is 36.0 Å². The average Bonchev–Trinajstić information content (AvgIpc) is 2.53. The van der Waals surface area contributed by atoms with Gasteiger partial charge in [-0.1, -0.05) is 112 Å². The third-order valence-electron chi connectivity index (χ3n) is 6.65. The maximum Gasteiger partial charge on any atom is -0.0386 e. The molecule has 138 valence electrons. The van der Waals surface area contributed by atoms with Gasteiger partial charge in [0.2, 0.25) is 0 Å². The summed E-state index contributed by atoms with van der Waals surface area (Å²) in [6, 6.07) is 0. The molecule has 1 saturated carbocycles. The summed E-state index contributed by atoms with van der Waals surface area (Å²) >= 11 is 0. The molecule has 0 bridgehead atoms. The van der Waals surface area contributed by atoms with Crippen LogP contribution >= 0.6 is 0 Å². The summed E-state index contributed by atoms with van der Waals surface area (Å²) in [6.45, 7) is 12.1. The summed E-state index contributed by atoms with van der Waals surface area (Å²) < 4.78 is 0. The molecule has 4 unspecified atom stereocenters. The molecule has 0 heterocycles. The summed E-state index contributed by atoms with van der Waals surface area (Å²) in [6.07, 6.45) is 19.2. The lowest BCUT2D eigenvalue weighted by Gasteiger charge is -2.31. The van der Waals surface area contributed by atoms with Crippen LogP contribution in [0.5, 0.6) is 0 Å². The fraction of sp³-hybridized carbons (Fsp3) is 1.00. The number of hydrogen-bond donors (Lipinski definition) is 0. The summed E-state index contributed by atoms with van der Waals surface area (Å²) in [5.74, 6) is 4.88. The zero-order valence-electron chi connectivity index (χ0n) is 17.1. The van der Waals surface area contributed by atoms with Crippen molar-refractivity contribution >= 4 is 0 Å². The number of rotatable bonds is 8. The Kier molecular flexibility index (Phi) is 11.3. The van der Waals surface area contributed by atoms with Gasteiger partial charge in [-0.2, -0.15) is 0 Å². The maximum absolute atomic E-state index is 2.55. The molecule has 0 aromatic carbocycles. The molecule has 4 atom stereocenters. The summed E-state index contributed by atoms with van der Waals surface area (Å²) in [4.78, 5) is 0. The van der Waals surface area contributed by atoms with Crippen molar-refractivity contribution < 1.29 is 0 Å². The Morgan fingerprint density at radius 1 is 0.870 bits per heavy atom. The summed E-state index contributed by atoms with van der Waals surface area (Å²) in [7, 11) is 0. The van der Waals surface area contributed by atoms with Gasteiger partial charge in [-0.3, -0.25) is 0 Å². The first-order valence-corrected chi connectivity index (χ1v) is 11.1. The van der Waals surface area contributed by atoms with E-state index in [9.17, 15) is 0 Å². The Morgan fingerprint density at radius 3 is 2.26 bits per heavy atom. The lowest BCUT2D eigenvalue weighted by Crippen LogP contribution is -2.20. The molecule has 0 N–H and O–H groups in total. The topological polar surface area (TPSA) is 0 Å². The van der Waals surface area contributed by atoms with E-state index < -0.39 is 0 Å². The summed E-state index contributed by atoms with van der Waals surface area (Å²) in [5, 5.41) is 0. The lowest BCUT2D eigenvalue weighted by molar-refractivity contribution is 0.202. The Bertz CT molecular complexity index is 267. The molecule has 23 heavy (non-hydrogen) atoms. The molecule has 1 aliphatic carbocycles. The van der Waals surface area contributed by atoms with Crippen LogP contribution in [0.4, 0.5) is 0 Å². The van der Waals surface area contributed by atoms with E-state index in [0.717, 1.165) is 29.6 Å². The van der Waals surface area contributed by atoms with Gasteiger partial charge in [0.1, 0.15) is 0 Å². The molecule has 0 nitrogen and oxygen atoms in total. The van der Waals surface area contributed by atoms with Crippen molar-refractivity contribution in [1.29, 1.82) is 0 Å². The smallest absolute Gasteiger partial charge is 0.0386 e. The Morgan fingerprint density at radius 2 is 1.61 bits per heavy atom. The lowest BCUT2D eigenvalue weighted by atomic mass is 9.74. The fourth-order valence-electron chi connectivity index (χ4n) is 4.96. The van der Waals surface area contributed by atoms with Crippen molar-refractivity contribution in [2.45, 2.75) is 118 Å². The molecule has 0 amide bonds. The molecule has 0 spiro atoms. The van der Waals surface area contributed by atoms with Crippen molar-refractivity contribution in [1.82, 2.24) is 0 Å². The van der Waals surface area contributed by atoms with E-state index in [2.05, 4.69) is 34.6 Å². The maximum atomic E-state index is 2.55. The summed E-state index contributed by atoms with van der Waals surface area (Å²) in [5.41, 5.74) is 0. The van der Waals surface area contributed by atoms with E-state index in [1.807, 2.05) is 0 Å². The van der Waals surface area contributed by atoms with Gasteiger partial charge >= 0.3 is 0 Å². The van der Waals surface area contributed by atoms with E-state index in [-0.39, 0.29) is 0 Å². The van der Waals surface area contributed by atoms with Gasteiger partial charge in [-0.25, -0.2) is 0 Å². The van der Waals surface area contributed by atoms with Crippen molar-refractivity contribution in [2.75, 3.05) is 0 Å². The van der Waals surface area contributed by atoms with Crippen LogP contribution in [0.2, 0.25) is 0 Å². The zero-order chi connectivity index (χ0) is 17.1. The highest BCUT2D eigenvalue weighted by Gasteiger charge is 2.24. The second-order valence-electron chi connectivity index (χ2n) is 8.99. The van der Waals surface area contributed by atoms with Crippen LogP contribution in [0.25, 0.3) is 0 Å². The molecule has 1 fully saturated rings. The Balaban J connectivity index is 2.54. The monoisotopic (exact) mass is 322 g/mol. The molecule has 1 aliphatic rings. The molecular weight excluding hydrogens is 276 g/mol.